The third-order valence-corrected chi connectivity index (χ3v) is 6.85. The molecule has 0 unspecified atom stereocenters. The highest BCUT2D eigenvalue weighted by molar-refractivity contribution is 5.87. The molecule has 172 valence electrons. The number of hydrogen-bond acceptors (Lipinski definition) is 5. The summed E-state index contributed by atoms with van der Waals surface area (Å²) in [5, 5.41) is 0.968. The summed E-state index contributed by atoms with van der Waals surface area (Å²) >= 11 is 0. The van der Waals surface area contributed by atoms with Crippen LogP contribution >= 0.6 is 0 Å². The van der Waals surface area contributed by atoms with Crippen LogP contribution in [0.4, 0.5) is 0 Å². The van der Waals surface area contributed by atoms with Gasteiger partial charge in [0, 0.05) is 13.5 Å². The van der Waals surface area contributed by atoms with Gasteiger partial charge in [0.05, 0.1) is 18.2 Å². The molecule has 4 aromatic rings. The summed E-state index contributed by atoms with van der Waals surface area (Å²) in [5.41, 5.74) is 5.09. The molecule has 33 heavy (non-hydrogen) atoms. The van der Waals surface area contributed by atoms with Gasteiger partial charge in [-0.25, -0.2) is 4.98 Å². The van der Waals surface area contributed by atoms with E-state index in [9.17, 15) is 0 Å². The van der Waals surface area contributed by atoms with Crippen LogP contribution in [0, 0.1) is 20.8 Å². The largest absolute Gasteiger partial charge is 0.493 e. The van der Waals surface area contributed by atoms with E-state index in [-0.39, 0.29) is 0 Å². The molecule has 1 aliphatic rings. The average molecular weight is 445 g/mol. The van der Waals surface area contributed by atoms with Gasteiger partial charge >= 0.3 is 0 Å². The standard InChI is InChI=1S/C28H32N2O3/c1-19-8-9-23(16-20(19)2)22-10-13-30(14-11-22)12-5-15-31-25-6-4-7-26-24(25)17-27(33-26)28-18-29-21(3)32-28/h4,6-9,16-18,22H,5,10-15H2,1-3H3. The van der Waals surface area contributed by atoms with Crippen LogP contribution in [0.25, 0.3) is 22.5 Å². The SMILES string of the molecule is Cc1ncc(-c2cc3c(OCCCN4CCC(c5ccc(C)c(C)c5)CC4)cccc3o2)o1. The summed E-state index contributed by atoms with van der Waals surface area (Å²) in [6.07, 6.45) is 5.18. The van der Waals surface area contributed by atoms with Crippen molar-refractivity contribution in [1.82, 2.24) is 9.88 Å². The molecular weight excluding hydrogens is 412 g/mol. The molecule has 1 aliphatic heterocycles. The minimum absolute atomic E-state index is 0.625. The third kappa shape index (κ3) is 4.83. The van der Waals surface area contributed by atoms with E-state index in [0.717, 1.165) is 42.8 Å². The van der Waals surface area contributed by atoms with E-state index < -0.39 is 0 Å². The lowest BCUT2D eigenvalue weighted by Gasteiger charge is -2.32. The van der Waals surface area contributed by atoms with Crippen molar-refractivity contribution >= 4 is 11.0 Å². The van der Waals surface area contributed by atoms with Crippen molar-refractivity contribution in [3.05, 3.63) is 71.2 Å². The molecular formula is C28H32N2O3. The molecule has 5 rings (SSSR count). The van der Waals surface area contributed by atoms with Crippen LogP contribution in [-0.2, 0) is 0 Å². The normalized spacial score (nSPS) is 15.4. The number of oxazole rings is 1. The number of likely N-dealkylation sites (tertiary alicyclic amines) is 1. The van der Waals surface area contributed by atoms with Gasteiger partial charge in [-0.15, -0.1) is 0 Å². The molecule has 2 aromatic heterocycles. The number of hydrogen-bond donors (Lipinski definition) is 0. The maximum atomic E-state index is 6.15. The first-order valence-corrected chi connectivity index (χ1v) is 11.9. The van der Waals surface area contributed by atoms with Gasteiger partial charge in [-0.1, -0.05) is 24.3 Å². The lowest BCUT2D eigenvalue weighted by molar-refractivity contribution is 0.193. The topological polar surface area (TPSA) is 51.6 Å². The molecule has 0 bridgehead atoms. The van der Waals surface area contributed by atoms with E-state index in [0.29, 0.717) is 29.9 Å². The van der Waals surface area contributed by atoms with Gasteiger partial charge in [0.2, 0.25) is 0 Å². The molecule has 0 aliphatic carbocycles. The predicted octanol–water partition coefficient (Wildman–Crippen LogP) is 6.66. The number of rotatable bonds is 7. The molecule has 0 spiro atoms. The molecule has 1 fully saturated rings. The van der Waals surface area contributed by atoms with E-state index in [1.807, 2.05) is 31.2 Å². The molecule has 0 N–H and O–H groups in total. The first-order chi connectivity index (χ1) is 16.1. The fourth-order valence-electron chi connectivity index (χ4n) is 4.74. The van der Waals surface area contributed by atoms with Crippen molar-refractivity contribution in [2.45, 2.75) is 46.0 Å². The number of aromatic nitrogens is 1. The van der Waals surface area contributed by atoms with Crippen LogP contribution < -0.4 is 4.74 Å². The number of benzene rings is 2. The van der Waals surface area contributed by atoms with Gasteiger partial charge < -0.3 is 18.5 Å². The second kappa shape index (κ2) is 9.44. The Morgan fingerprint density at radius 3 is 2.58 bits per heavy atom. The first-order valence-electron chi connectivity index (χ1n) is 11.9. The van der Waals surface area contributed by atoms with Crippen molar-refractivity contribution in [2.75, 3.05) is 26.2 Å². The predicted molar refractivity (Wildman–Crippen MR) is 131 cm³/mol. The lowest BCUT2D eigenvalue weighted by Crippen LogP contribution is -2.34. The lowest BCUT2D eigenvalue weighted by atomic mass is 9.88. The molecule has 3 heterocycles. The van der Waals surface area contributed by atoms with E-state index in [2.05, 4.69) is 41.9 Å². The number of fused-ring (bicyclic) bond motifs is 1. The monoisotopic (exact) mass is 444 g/mol. The zero-order chi connectivity index (χ0) is 22.8. The fraction of sp³-hybridized carbons (Fsp3) is 0.393. The summed E-state index contributed by atoms with van der Waals surface area (Å²) in [4.78, 5) is 6.73. The third-order valence-electron chi connectivity index (χ3n) is 6.85. The van der Waals surface area contributed by atoms with Gasteiger partial charge in [-0.3, -0.25) is 0 Å². The highest BCUT2D eigenvalue weighted by Crippen LogP contribution is 2.34. The number of ether oxygens (including phenoxy) is 1. The number of furan rings is 1. The minimum Gasteiger partial charge on any atom is -0.493 e. The zero-order valence-corrected chi connectivity index (χ0v) is 19.8. The number of nitrogens with zero attached hydrogens (tertiary/aromatic N) is 2. The van der Waals surface area contributed by atoms with Gasteiger partial charge in [0.25, 0.3) is 0 Å². The Balaban J connectivity index is 1.12. The molecule has 0 saturated carbocycles. The molecule has 5 nitrogen and oxygen atoms in total. The zero-order valence-electron chi connectivity index (χ0n) is 19.8. The Bertz CT molecular complexity index is 1230. The van der Waals surface area contributed by atoms with Crippen molar-refractivity contribution in [2.24, 2.45) is 0 Å². The summed E-state index contributed by atoms with van der Waals surface area (Å²) in [7, 11) is 0. The second-order valence-corrected chi connectivity index (χ2v) is 9.18. The maximum absolute atomic E-state index is 6.15. The smallest absolute Gasteiger partial charge is 0.191 e. The highest BCUT2D eigenvalue weighted by atomic mass is 16.5. The van der Waals surface area contributed by atoms with Crippen molar-refractivity contribution in [1.29, 1.82) is 0 Å². The number of piperidine rings is 1. The van der Waals surface area contributed by atoms with E-state index in [4.69, 9.17) is 13.6 Å². The van der Waals surface area contributed by atoms with Crippen LogP contribution in [0.3, 0.4) is 0 Å². The van der Waals surface area contributed by atoms with Gasteiger partial charge in [-0.2, -0.15) is 0 Å². The van der Waals surface area contributed by atoms with Gasteiger partial charge in [0.15, 0.2) is 17.4 Å². The molecule has 1 saturated heterocycles. The van der Waals surface area contributed by atoms with Crippen LogP contribution in [-0.4, -0.2) is 36.1 Å². The van der Waals surface area contributed by atoms with Crippen LogP contribution in [0.1, 0.15) is 47.8 Å². The Morgan fingerprint density at radius 2 is 1.82 bits per heavy atom. The summed E-state index contributed by atoms with van der Waals surface area (Å²) in [6, 6.07) is 14.9. The van der Waals surface area contributed by atoms with E-state index >= 15 is 0 Å². The van der Waals surface area contributed by atoms with Crippen LogP contribution in [0.15, 0.2) is 57.5 Å². The number of aryl methyl sites for hydroxylation is 3. The highest BCUT2D eigenvalue weighted by Gasteiger charge is 2.20. The summed E-state index contributed by atoms with van der Waals surface area (Å²) in [5.74, 6) is 3.48. The van der Waals surface area contributed by atoms with Crippen LogP contribution in [0.2, 0.25) is 0 Å². The summed E-state index contributed by atoms with van der Waals surface area (Å²) < 4.78 is 17.7. The molecule has 0 atom stereocenters. The maximum Gasteiger partial charge on any atom is 0.191 e. The average Bonchev–Trinajstić information content (AvgIpc) is 3.45. The Kier molecular flexibility index (Phi) is 6.23. The molecule has 0 radical (unpaired) electrons. The Hall–Kier alpha value is -3.05. The fourth-order valence-corrected chi connectivity index (χ4v) is 4.74. The minimum atomic E-state index is 0.625. The molecule has 5 heteroatoms. The van der Waals surface area contributed by atoms with Crippen molar-refractivity contribution in [3.8, 4) is 17.3 Å². The van der Waals surface area contributed by atoms with E-state index in [1.165, 1.54) is 29.5 Å². The van der Waals surface area contributed by atoms with E-state index in [1.54, 1.807) is 6.20 Å². The van der Waals surface area contributed by atoms with Gasteiger partial charge in [-0.05, 0) is 87.0 Å². The van der Waals surface area contributed by atoms with Crippen molar-refractivity contribution in [3.63, 3.8) is 0 Å². The van der Waals surface area contributed by atoms with Crippen molar-refractivity contribution < 1.29 is 13.6 Å². The second-order valence-electron chi connectivity index (χ2n) is 9.18. The molecule has 2 aromatic carbocycles. The quantitative estimate of drug-likeness (QED) is 0.298. The summed E-state index contributed by atoms with van der Waals surface area (Å²) in [6.45, 7) is 10.3. The Morgan fingerprint density at radius 1 is 0.970 bits per heavy atom. The first kappa shape index (κ1) is 21.8. The Labute approximate surface area is 195 Å². The van der Waals surface area contributed by atoms with Gasteiger partial charge in [0.1, 0.15) is 11.3 Å². The molecule has 0 amide bonds. The van der Waals surface area contributed by atoms with Crippen LogP contribution in [0.5, 0.6) is 5.75 Å².